The average Bonchev–Trinajstić information content (AvgIpc) is 3.01. The van der Waals surface area contributed by atoms with Gasteiger partial charge in [-0.05, 0) is 12.5 Å². The molecule has 0 aromatic carbocycles. The molecule has 0 atom stereocenters. The van der Waals surface area contributed by atoms with E-state index in [0.29, 0.717) is 12.6 Å². The first-order valence-electron chi connectivity index (χ1n) is 6.69. The number of hydrogen-bond donors (Lipinski definition) is 2. The molecule has 2 aromatic heterocycles. The number of anilines is 1. The van der Waals surface area contributed by atoms with Gasteiger partial charge in [-0.3, -0.25) is 5.43 Å². The van der Waals surface area contributed by atoms with Crippen LogP contribution >= 0.6 is 0 Å². The molecule has 0 aliphatic rings. The molecule has 2 aromatic rings. The molecule has 0 spiro atoms. The third-order valence-electron chi connectivity index (χ3n) is 2.67. The van der Waals surface area contributed by atoms with Gasteiger partial charge in [-0.1, -0.05) is 26.2 Å². The van der Waals surface area contributed by atoms with Crippen LogP contribution in [0, 0.1) is 0 Å². The van der Waals surface area contributed by atoms with E-state index in [0.717, 1.165) is 12.8 Å². The zero-order valence-electron chi connectivity index (χ0n) is 11.5. The van der Waals surface area contributed by atoms with Crippen molar-refractivity contribution in [3.63, 3.8) is 0 Å². The second-order valence-corrected chi connectivity index (χ2v) is 4.25. The Morgan fingerprint density at radius 3 is 2.85 bits per heavy atom. The molecular formula is C12H19N7O. The van der Waals surface area contributed by atoms with Crippen molar-refractivity contribution in [2.24, 2.45) is 5.84 Å². The Morgan fingerprint density at radius 1 is 1.25 bits per heavy atom. The van der Waals surface area contributed by atoms with Crippen molar-refractivity contribution in [1.82, 2.24) is 24.7 Å². The summed E-state index contributed by atoms with van der Waals surface area (Å²) < 4.78 is 7.06. The summed E-state index contributed by atoms with van der Waals surface area (Å²) in [6, 6.07) is 2.03. The highest BCUT2D eigenvalue weighted by molar-refractivity contribution is 5.28. The minimum atomic E-state index is 0.244. The zero-order valence-corrected chi connectivity index (χ0v) is 11.5. The molecule has 0 unspecified atom stereocenters. The number of hydrogen-bond acceptors (Lipinski definition) is 7. The van der Waals surface area contributed by atoms with E-state index in [1.54, 1.807) is 18.5 Å². The van der Waals surface area contributed by atoms with E-state index in [1.807, 2.05) is 0 Å². The topological polar surface area (TPSA) is 104 Å². The van der Waals surface area contributed by atoms with Gasteiger partial charge in [0, 0.05) is 12.4 Å². The SMILES string of the molecule is CCCCCCOc1nc(NN)nc(-n2cccn2)n1. The third kappa shape index (κ3) is 3.89. The van der Waals surface area contributed by atoms with E-state index in [-0.39, 0.29) is 12.0 Å². The predicted octanol–water partition coefficient (Wildman–Crippen LogP) is 1.30. The Hall–Kier alpha value is -2.22. The first-order chi connectivity index (χ1) is 9.83. The number of ether oxygens (including phenoxy) is 1. The van der Waals surface area contributed by atoms with Gasteiger partial charge in [0.05, 0.1) is 6.61 Å². The summed E-state index contributed by atoms with van der Waals surface area (Å²) >= 11 is 0. The molecule has 0 amide bonds. The monoisotopic (exact) mass is 277 g/mol. The molecule has 2 heterocycles. The van der Waals surface area contributed by atoms with Crippen molar-refractivity contribution in [3.05, 3.63) is 18.5 Å². The maximum absolute atomic E-state index is 5.53. The predicted molar refractivity (Wildman–Crippen MR) is 74.4 cm³/mol. The van der Waals surface area contributed by atoms with Crippen LogP contribution in [0.1, 0.15) is 32.6 Å². The van der Waals surface area contributed by atoms with E-state index in [1.165, 1.54) is 17.5 Å². The highest BCUT2D eigenvalue weighted by Crippen LogP contribution is 2.10. The largest absolute Gasteiger partial charge is 0.463 e. The lowest BCUT2D eigenvalue weighted by Crippen LogP contribution is -2.15. The van der Waals surface area contributed by atoms with Crippen molar-refractivity contribution in [2.45, 2.75) is 32.6 Å². The molecule has 0 aliphatic heterocycles. The van der Waals surface area contributed by atoms with Crippen LogP contribution in [0.4, 0.5) is 5.95 Å². The third-order valence-corrected chi connectivity index (χ3v) is 2.67. The fourth-order valence-corrected chi connectivity index (χ4v) is 1.66. The molecule has 0 radical (unpaired) electrons. The van der Waals surface area contributed by atoms with Gasteiger partial charge in [0.15, 0.2) is 0 Å². The normalized spacial score (nSPS) is 10.5. The van der Waals surface area contributed by atoms with E-state index in [9.17, 15) is 0 Å². The highest BCUT2D eigenvalue weighted by Gasteiger charge is 2.08. The van der Waals surface area contributed by atoms with Crippen LogP contribution < -0.4 is 16.0 Å². The summed E-state index contributed by atoms with van der Waals surface area (Å²) in [6.45, 7) is 2.75. The van der Waals surface area contributed by atoms with E-state index in [4.69, 9.17) is 10.6 Å². The second-order valence-electron chi connectivity index (χ2n) is 4.25. The molecule has 0 saturated carbocycles. The second kappa shape index (κ2) is 7.39. The van der Waals surface area contributed by atoms with Crippen LogP contribution in [-0.2, 0) is 0 Å². The van der Waals surface area contributed by atoms with Crippen molar-refractivity contribution >= 4 is 5.95 Å². The minimum absolute atomic E-state index is 0.244. The Bertz CT molecular complexity index is 515. The summed E-state index contributed by atoms with van der Waals surface area (Å²) in [6.07, 6.45) is 7.88. The Kier molecular flexibility index (Phi) is 5.24. The number of hydrazine groups is 1. The molecule has 0 aliphatic carbocycles. The van der Waals surface area contributed by atoms with Gasteiger partial charge >= 0.3 is 6.01 Å². The Balaban J connectivity index is 2.03. The van der Waals surface area contributed by atoms with Crippen LogP contribution in [0.15, 0.2) is 18.5 Å². The molecule has 108 valence electrons. The number of unbranched alkanes of at least 4 members (excludes halogenated alkanes) is 3. The maximum atomic E-state index is 5.53. The van der Waals surface area contributed by atoms with Crippen molar-refractivity contribution < 1.29 is 4.74 Å². The van der Waals surface area contributed by atoms with Gasteiger partial charge in [0.1, 0.15) is 0 Å². The van der Waals surface area contributed by atoms with E-state index >= 15 is 0 Å². The lowest BCUT2D eigenvalue weighted by molar-refractivity contribution is 0.280. The Morgan fingerprint density at radius 2 is 2.15 bits per heavy atom. The van der Waals surface area contributed by atoms with Crippen molar-refractivity contribution in [3.8, 4) is 12.0 Å². The summed E-state index contributed by atoms with van der Waals surface area (Å²) in [4.78, 5) is 12.4. The van der Waals surface area contributed by atoms with Crippen LogP contribution in [-0.4, -0.2) is 31.3 Å². The number of nitrogens with one attached hydrogen (secondary N) is 1. The lowest BCUT2D eigenvalue weighted by atomic mass is 10.2. The first-order valence-corrected chi connectivity index (χ1v) is 6.69. The number of rotatable bonds is 8. The minimum Gasteiger partial charge on any atom is -0.463 e. The molecular weight excluding hydrogens is 258 g/mol. The van der Waals surface area contributed by atoms with Gasteiger partial charge in [-0.15, -0.1) is 0 Å². The fourth-order valence-electron chi connectivity index (χ4n) is 1.66. The summed E-state index contributed by atoms with van der Waals surface area (Å²) in [5.41, 5.74) is 2.40. The van der Waals surface area contributed by atoms with Gasteiger partial charge in [0.25, 0.3) is 5.95 Å². The van der Waals surface area contributed by atoms with Crippen molar-refractivity contribution in [1.29, 1.82) is 0 Å². The smallest absolute Gasteiger partial charge is 0.323 e. The summed E-state index contributed by atoms with van der Waals surface area (Å²) in [5.74, 6) is 5.95. The highest BCUT2D eigenvalue weighted by atomic mass is 16.5. The van der Waals surface area contributed by atoms with Gasteiger partial charge in [-0.2, -0.15) is 20.1 Å². The van der Waals surface area contributed by atoms with Crippen LogP contribution in [0.5, 0.6) is 6.01 Å². The standard InChI is InChI=1S/C12H19N7O/c1-2-3-4-5-9-20-12-16-10(18-13)15-11(17-12)19-8-6-7-14-19/h6-8H,2-5,9,13H2,1H3,(H,15,16,17,18). The maximum Gasteiger partial charge on any atom is 0.323 e. The number of nitrogens with zero attached hydrogens (tertiary/aromatic N) is 5. The van der Waals surface area contributed by atoms with Gasteiger partial charge < -0.3 is 4.74 Å². The lowest BCUT2D eigenvalue weighted by Gasteiger charge is -2.07. The first kappa shape index (κ1) is 14.2. The number of nitrogens with two attached hydrogens (primary N) is 1. The van der Waals surface area contributed by atoms with Gasteiger partial charge in [-0.25, -0.2) is 10.5 Å². The van der Waals surface area contributed by atoms with Crippen molar-refractivity contribution in [2.75, 3.05) is 12.0 Å². The van der Waals surface area contributed by atoms with Crippen LogP contribution in [0.2, 0.25) is 0 Å². The molecule has 20 heavy (non-hydrogen) atoms. The number of nitrogen functional groups attached to an aromatic ring is 1. The molecule has 0 bridgehead atoms. The zero-order chi connectivity index (χ0) is 14.2. The van der Waals surface area contributed by atoms with E-state index in [2.05, 4.69) is 32.4 Å². The number of aromatic nitrogens is 5. The Labute approximate surface area is 117 Å². The molecule has 0 fully saturated rings. The van der Waals surface area contributed by atoms with E-state index < -0.39 is 0 Å². The molecule has 8 nitrogen and oxygen atoms in total. The average molecular weight is 277 g/mol. The van der Waals surface area contributed by atoms with Crippen LogP contribution in [0.3, 0.4) is 0 Å². The summed E-state index contributed by atoms with van der Waals surface area (Å²) in [5, 5.41) is 4.06. The molecule has 2 rings (SSSR count). The molecule has 8 heteroatoms. The fraction of sp³-hybridized carbons (Fsp3) is 0.500. The molecule has 3 N–H and O–H groups in total. The van der Waals surface area contributed by atoms with Gasteiger partial charge in [0.2, 0.25) is 5.95 Å². The molecule has 0 saturated heterocycles. The van der Waals surface area contributed by atoms with Crippen LogP contribution in [0.25, 0.3) is 5.95 Å². The quantitative estimate of drug-likeness (QED) is 0.426. The summed E-state index contributed by atoms with van der Waals surface area (Å²) in [7, 11) is 0.